The third-order valence-electron chi connectivity index (χ3n) is 3.28. The van der Waals surface area contributed by atoms with E-state index in [4.69, 9.17) is 5.26 Å². The van der Waals surface area contributed by atoms with Crippen LogP contribution in [0.3, 0.4) is 0 Å². The molecule has 5 heteroatoms. The van der Waals surface area contributed by atoms with Crippen LogP contribution < -0.4 is 10.2 Å². The maximum Gasteiger partial charge on any atom is 0.242 e. The van der Waals surface area contributed by atoms with E-state index in [9.17, 15) is 4.79 Å². The van der Waals surface area contributed by atoms with E-state index in [1.54, 1.807) is 6.07 Å². The molecule has 1 amide bonds. The number of hydrogen-bond acceptors (Lipinski definition) is 4. The van der Waals surface area contributed by atoms with Crippen molar-refractivity contribution >= 4 is 11.6 Å². The molecule has 5 nitrogen and oxygen atoms in total. The molecule has 1 aromatic carbocycles. The summed E-state index contributed by atoms with van der Waals surface area (Å²) in [7, 11) is 1.84. The summed E-state index contributed by atoms with van der Waals surface area (Å²) in [4.78, 5) is 15.9. The zero-order valence-electron chi connectivity index (χ0n) is 11.1. The van der Waals surface area contributed by atoms with Crippen molar-refractivity contribution in [1.82, 2.24) is 10.2 Å². The van der Waals surface area contributed by atoms with Crippen LogP contribution in [0.2, 0.25) is 0 Å². The van der Waals surface area contributed by atoms with Crippen molar-refractivity contribution in [2.75, 3.05) is 44.7 Å². The minimum atomic E-state index is 0.108. The first-order chi connectivity index (χ1) is 9.22. The van der Waals surface area contributed by atoms with Crippen LogP contribution in [0.15, 0.2) is 24.3 Å². The fraction of sp³-hybridized carbons (Fsp3) is 0.429. The molecule has 1 N–H and O–H groups in total. The maximum atomic E-state index is 12.2. The van der Waals surface area contributed by atoms with Crippen molar-refractivity contribution in [2.45, 2.75) is 0 Å². The molecule has 1 fully saturated rings. The van der Waals surface area contributed by atoms with Crippen LogP contribution in [0, 0.1) is 11.3 Å². The topological polar surface area (TPSA) is 59.4 Å². The molecule has 0 radical (unpaired) electrons. The van der Waals surface area contributed by atoms with Crippen molar-refractivity contribution < 1.29 is 4.79 Å². The Morgan fingerprint density at radius 1 is 1.42 bits per heavy atom. The Morgan fingerprint density at radius 3 is 2.79 bits per heavy atom. The largest absolute Gasteiger partial charge is 0.364 e. The Labute approximate surface area is 113 Å². The minimum Gasteiger partial charge on any atom is -0.364 e. The Morgan fingerprint density at radius 2 is 2.11 bits per heavy atom. The SMILES string of the molecule is CN(CC(=O)N1CCNCC1)c1ccccc1C#N. The molecule has 0 spiro atoms. The molecule has 0 unspecified atom stereocenters. The number of piperazine rings is 1. The molecular formula is C14H18N4O. The number of carbonyl (C=O) groups excluding carboxylic acids is 1. The van der Waals surface area contributed by atoms with Gasteiger partial charge in [0.25, 0.3) is 0 Å². The fourth-order valence-corrected chi connectivity index (χ4v) is 2.20. The van der Waals surface area contributed by atoms with E-state index in [2.05, 4.69) is 11.4 Å². The van der Waals surface area contributed by atoms with Gasteiger partial charge in [-0.1, -0.05) is 12.1 Å². The van der Waals surface area contributed by atoms with Gasteiger partial charge in [-0.05, 0) is 12.1 Å². The Bertz CT molecular complexity index is 488. The second-order valence-electron chi connectivity index (χ2n) is 4.62. The molecule has 100 valence electrons. The van der Waals surface area contributed by atoms with E-state index in [1.165, 1.54) is 0 Å². The average Bonchev–Trinajstić information content (AvgIpc) is 2.48. The second-order valence-corrected chi connectivity index (χ2v) is 4.62. The van der Waals surface area contributed by atoms with Crippen molar-refractivity contribution in [3.05, 3.63) is 29.8 Å². The standard InChI is InChI=1S/C14H18N4O/c1-17(13-5-3-2-4-12(13)10-15)11-14(19)18-8-6-16-7-9-18/h2-5,16H,6-9,11H2,1H3. The van der Waals surface area contributed by atoms with E-state index in [0.29, 0.717) is 12.1 Å². The highest BCUT2D eigenvalue weighted by atomic mass is 16.2. The van der Waals surface area contributed by atoms with Gasteiger partial charge < -0.3 is 15.1 Å². The normalized spacial score (nSPS) is 14.8. The van der Waals surface area contributed by atoms with E-state index < -0.39 is 0 Å². The molecule has 1 aromatic rings. The number of benzene rings is 1. The first-order valence-electron chi connectivity index (χ1n) is 6.41. The van der Waals surface area contributed by atoms with E-state index in [0.717, 1.165) is 31.9 Å². The number of nitriles is 1. The predicted molar refractivity (Wildman–Crippen MR) is 73.9 cm³/mol. The lowest BCUT2D eigenvalue weighted by Gasteiger charge is -2.30. The van der Waals surface area contributed by atoms with E-state index >= 15 is 0 Å². The molecule has 0 aromatic heterocycles. The van der Waals surface area contributed by atoms with Crippen LogP contribution in [0.25, 0.3) is 0 Å². The van der Waals surface area contributed by atoms with Gasteiger partial charge in [0.15, 0.2) is 0 Å². The van der Waals surface area contributed by atoms with Gasteiger partial charge in [0.05, 0.1) is 17.8 Å². The number of amides is 1. The molecular weight excluding hydrogens is 240 g/mol. The summed E-state index contributed by atoms with van der Waals surface area (Å²) in [6.07, 6.45) is 0. The smallest absolute Gasteiger partial charge is 0.242 e. The maximum absolute atomic E-state index is 12.2. The predicted octanol–water partition coefficient (Wildman–Crippen LogP) is 0.426. The third-order valence-corrected chi connectivity index (χ3v) is 3.28. The number of carbonyl (C=O) groups is 1. The summed E-state index contributed by atoms with van der Waals surface area (Å²) >= 11 is 0. The van der Waals surface area contributed by atoms with Crippen LogP contribution >= 0.6 is 0 Å². The van der Waals surface area contributed by atoms with Gasteiger partial charge in [0, 0.05) is 33.2 Å². The van der Waals surface area contributed by atoms with Gasteiger partial charge >= 0.3 is 0 Å². The lowest BCUT2D eigenvalue weighted by molar-refractivity contribution is -0.130. The molecule has 0 aliphatic carbocycles. The van der Waals surface area contributed by atoms with Crippen LogP contribution in [0.5, 0.6) is 0 Å². The van der Waals surface area contributed by atoms with Crippen molar-refractivity contribution in [3.8, 4) is 6.07 Å². The Hall–Kier alpha value is -2.06. The van der Waals surface area contributed by atoms with Gasteiger partial charge in [0.1, 0.15) is 6.07 Å². The third kappa shape index (κ3) is 3.24. The van der Waals surface area contributed by atoms with Crippen molar-refractivity contribution in [3.63, 3.8) is 0 Å². The molecule has 0 atom stereocenters. The fourth-order valence-electron chi connectivity index (χ4n) is 2.20. The van der Waals surface area contributed by atoms with Gasteiger partial charge in [-0.15, -0.1) is 0 Å². The number of nitrogens with zero attached hydrogens (tertiary/aromatic N) is 3. The summed E-state index contributed by atoms with van der Waals surface area (Å²) in [6, 6.07) is 9.49. The minimum absolute atomic E-state index is 0.108. The summed E-state index contributed by atoms with van der Waals surface area (Å²) in [5.74, 6) is 0.108. The van der Waals surface area contributed by atoms with Gasteiger partial charge in [0.2, 0.25) is 5.91 Å². The zero-order chi connectivity index (χ0) is 13.7. The number of anilines is 1. The molecule has 0 saturated carbocycles. The second kappa shape index (κ2) is 6.21. The number of hydrogen-bond donors (Lipinski definition) is 1. The van der Waals surface area contributed by atoms with Crippen molar-refractivity contribution in [1.29, 1.82) is 5.26 Å². The lowest BCUT2D eigenvalue weighted by atomic mass is 10.2. The summed E-state index contributed by atoms with van der Waals surface area (Å²) in [5, 5.41) is 12.3. The average molecular weight is 258 g/mol. The first-order valence-corrected chi connectivity index (χ1v) is 6.41. The van der Waals surface area contributed by atoms with E-state index in [-0.39, 0.29) is 5.91 Å². The molecule has 19 heavy (non-hydrogen) atoms. The molecule has 2 rings (SSSR count). The Kier molecular flexibility index (Phi) is 4.37. The number of para-hydroxylation sites is 1. The number of likely N-dealkylation sites (N-methyl/N-ethyl adjacent to an activating group) is 1. The quantitative estimate of drug-likeness (QED) is 0.854. The molecule has 1 heterocycles. The number of nitrogens with one attached hydrogen (secondary N) is 1. The number of rotatable bonds is 3. The first kappa shape index (κ1) is 13.4. The van der Waals surface area contributed by atoms with Crippen LogP contribution in [0.1, 0.15) is 5.56 Å². The van der Waals surface area contributed by atoms with Gasteiger partial charge in [-0.25, -0.2) is 0 Å². The summed E-state index contributed by atoms with van der Waals surface area (Å²) in [6.45, 7) is 3.52. The highest BCUT2D eigenvalue weighted by molar-refractivity contribution is 5.82. The van der Waals surface area contributed by atoms with Gasteiger partial charge in [-0.2, -0.15) is 5.26 Å². The van der Waals surface area contributed by atoms with Crippen LogP contribution in [0.4, 0.5) is 5.69 Å². The van der Waals surface area contributed by atoms with E-state index in [1.807, 2.05) is 35.0 Å². The lowest BCUT2D eigenvalue weighted by Crippen LogP contribution is -2.49. The molecule has 0 bridgehead atoms. The molecule has 1 aliphatic heterocycles. The molecule has 1 saturated heterocycles. The summed E-state index contributed by atoms with van der Waals surface area (Å²) in [5.41, 5.74) is 1.39. The Balaban J connectivity index is 2.02. The van der Waals surface area contributed by atoms with Gasteiger partial charge in [-0.3, -0.25) is 4.79 Å². The van der Waals surface area contributed by atoms with Crippen LogP contribution in [-0.4, -0.2) is 50.6 Å². The van der Waals surface area contributed by atoms with Crippen LogP contribution in [-0.2, 0) is 4.79 Å². The zero-order valence-corrected chi connectivity index (χ0v) is 11.1. The highest BCUT2D eigenvalue weighted by Gasteiger charge is 2.18. The monoisotopic (exact) mass is 258 g/mol. The highest BCUT2D eigenvalue weighted by Crippen LogP contribution is 2.17. The summed E-state index contributed by atoms with van der Waals surface area (Å²) < 4.78 is 0. The van der Waals surface area contributed by atoms with Crippen molar-refractivity contribution in [2.24, 2.45) is 0 Å². The molecule has 1 aliphatic rings.